The summed E-state index contributed by atoms with van der Waals surface area (Å²) >= 11 is 0. The van der Waals surface area contributed by atoms with Gasteiger partial charge in [0.25, 0.3) is 0 Å². The molecule has 0 aliphatic carbocycles. The van der Waals surface area contributed by atoms with Crippen LogP contribution in [-0.4, -0.2) is 36.9 Å². The van der Waals surface area contributed by atoms with Gasteiger partial charge in [0.1, 0.15) is 23.4 Å². The Morgan fingerprint density at radius 3 is 2.46 bits per heavy atom. The molecule has 2 aromatic rings. The number of benzene rings is 2. The summed E-state index contributed by atoms with van der Waals surface area (Å²) in [5, 5.41) is 2.94. The Hall–Kier alpha value is -2.97. The van der Waals surface area contributed by atoms with Crippen LogP contribution < -0.4 is 14.8 Å². The van der Waals surface area contributed by atoms with Gasteiger partial charge >= 0.3 is 6.36 Å². The summed E-state index contributed by atoms with van der Waals surface area (Å²) in [5.41, 5.74) is 1.07. The van der Waals surface area contributed by atoms with Gasteiger partial charge in [0, 0.05) is 37.0 Å². The zero-order valence-electron chi connectivity index (χ0n) is 14.9. The Kier molecular flexibility index (Phi) is 5.62. The molecule has 1 heterocycles. The van der Waals surface area contributed by atoms with Crippen molar-refractivity contribution < 1.29 is 31.8 Å². The molecule has 28 heavy (non-hydrogen) atoms. The first kappa shape index (κ1) is 19.8. The number of likely N-dealkylation sites (tertiary alicyclic amines) is 1. The number of rotatable bonds is 6. The second-order valence-electron chi connectivity index (χ2n) is 6.32. The molecule has 1 amide bonds. The van der Waals surface area contributed by atoms with Crippen molar-refractivity contribution in [2.45, 2.75) is 25.4 Å². The predicted octanol–water partition coefficient (Wildman–Crippen LogP) is 3.95. The number of nitrogens with one attached hydrogen (secondary N) is 1. The zero-order valence-corrected chi connectivity index (χ0v) is 14.9. The van der Waals surface area contributed by atoms with E-state index in [1.54, 1.807) is 17.0 Å². The molecule has 3 rings (SSSR count). The molecule has 1 aliphatic heterocycles. The van der Waals surface area contributed by atoms with Crippen LogP contribution in [0.3, 0.4) is 0 Å². The topological polar surface area (TPSA) is 50.8 Å². The van der Waals surface area contributed by atoms with Crippen LogP contribution in [0.1, 0.15) is 12.0 Å². The quantitative estimate of drug-likeness (QED) is 0.749. The molecule has 1 N–H and O–H groups in total. The van der Waals surface area contributed by atoms with Crippen LogP contribution >= 0.6 is 0 Å². The molecule has 1 unspecified atom stereocenters. The molecule has 5 nitrogen and oxygen atoms in total. The Balaban J connectivity index is 1.69. The van der Waals surface area contributed by atoms with Gasteiger partial charge < -0.3 is 19.7 Å². The van der Waals surface area contributed by atoms with Gasteiger partial charge in [-0.3, -0.25) is 4.79 Å². The van der Waals surface area contributed by atoms with Crippen molar-refractivity contribution >= 4 is 11.6 Å². The van der Waals surface area contributed by atoms with Gasteiger partial charge in [0.2, 0.25) is 5.91 Å². The Labute approximate surface area is 158 Å². The van der Waals surface area contributed by atoms with E-state index in [1.807, 2.05) is 0 Å². The third-order valence-corrected chi connectivity index (χ3v) is 4.27. The minimum absolute atomic E-state index is 0.165. The van der Waals surface area contributed by atoms with Crippen LogP contribution in [0.5, 0.6) is 11.5 Å². The molecule has 9 heteroatoms. The first-order chi connectivity index (χ1) is 13.2. The molecule has 1 aliphatic rings. The summed E-state index contributed by atoms with van der Waals surface area (Å²) in [6, 6.07) is 9.01. The molecule has 0 spiro atoms. The highest BCUT2D eigenvalue weighted by Gasteiger charge is 2.33. The minimum Gasteiger partial charge on any atom is -0.497 e. The lowest BCUT2D eigenvalue weighted by Crippen LogP contribution is -2.33. The van der Waals surface area contributed by atoms with Crippen LogP contribution in [0.15, 0.2) is 42.5 Å². The van der Waals surface area contributed by atoms with Crippen molar-refractivity contribution in [2.75, 3.05) is 19.0 Å². The van der Waals surface area contributed by atoms with Crippen LogP contribution in [-0.2, 0) is 11.3 Å². The molecule has 0 radical (unpaired) electrons. The number of methoxy groups -OCH3 is 1. The van der Waals surface area contributed by atoms with Crippen molar-refractivity contribution in [1.82, 2.24) is 4.90 Å². The fraction of sp³-hybridized carbons (Fsp3) is 0.316. The molecule has 150 valence electrons. The third kappa shape index (κ3) is 5.05. The van der Waals surface area contributed by atoms with Crippen LogP contribution in [0, 0.1) is 5.82 Å². The van der Waals surface area contributed by atoms with Crippen molar-refractivity contribution in [3.63, 3.8) is 0 Å². The van der Waals surface area contributed by atoms with E-state index < -0.39 is 18.2 Å². The van der Waals surface area contributed by atoms with E-state index in [0.717, 1.165) is 17.7 Å². The van der Waals surface area contributed by atoms with Gasteiger partial charge in [-0.05, 0) is 24.1 Å². The molecule has 1 fully saturated rings. The summed E-state index contributed by atoms with van der Waals surface area (Å²) in [4.78, 5) is 14.2. The van der Waals surface area contributed by atoms with Gasteiger partial charge in [-0.15, -0.1) is 13.2 Å². The number of carbonyl (C=O) groups excluding carboxylic acids is 1. The molecule has 0 saturated carbocycles. The van der Waals surface area contributed by atoms with Gasteiger partial charge in [-0.1, -0.05) is 12.1 Å². The number of anilines is 1. The molecule has 1 atom stereocenters. The average Bonchev–Trinajstić information content (AvgIpc) is 2.95. The van der Waals surface area contributed by atoms with E-state index >= 15 is 0 Å². The monoisotopic (exact) mass is 398 g/mol. The molecule has 1 saturated heterocycles. The lowest BCUT2D eigenvalue weighted by atomic mass is 10.2. The molecular formula is C19H18F4N2O3. The first-order valence-electron chi connectivity index (χ1n) is 8.48. The second kappa shape index (κ2) is 7.95. The lowest BCUT2D eigenvalue weighted by molar-refractivity contribution is -0.274. The number of ether oxygens (including phenoxy) is 2. The standard InChI is InChI=1S/C19H18F4N2O3/c1-27-15-8-14(9-16(10-15)28-19(21,22)23)24-17-6-7-25(18(17)26)11-12-2-4-13(20)5-3-12/h2-5,8-10,17,24H,6-7,11H2,1H3. The normalized spacial score (nSPS) is 17.0. The number of alkyl halides is 3. The van der Waals surface area contributed by atoms with Crippen molar-refractivity contribution in [3.05, 3.63) is 53.8 Å². The predicted molar refractivity (Wildman–Crippen MR) is 93.5 cm³/mol. The molecule has 0 aromatic heterocycles. The fourth-order valence-electron chi connectivity index (χ4n) is 3.01. The smallest absolute Gasteiger partial charge is 0.497 e. The number of hydrogen-bond acceptors (Lipinski definition) is 4. The second-order valence-corrected chi connectivity index (χ2v) is 6.32. The largest absolute Gasteiger partial charge is 0.573 e. The van der Waals surface area contributed by atoms with Crippen LogP contribution in [0.25, 0.3) is 0 Å². The Morgan fingerprint density at radius 1 is 1.14 bits per heavy atom. The average molecular weight is 398 g/mol. The van der Waals surface area contributed by atoms with E-state index in [9.17, 15) is 22.4 Å². The maximum Gasteiger partial charge on any atom is 0.573 e. The van der Waals surface area contributed by atoms with Crippen LogP contribution in [0.2, 0.25) is 0 Å². The maximum absolute atomic E-state index is 13.0. The minimum atomic E-state index is -4.83. The first-order valence-corrected chi connectivity index (χ1v) is 8.48. The number of halogens is 4. The van der Waals surface area contributed by atoms with E-state index in [-0.39, 0.29) is 23.2 Å². The fourth-order valence-corrected chi connectivity index (χ4v) is 3.01. The van der Waals surface area contributed by atoms with E-state index in [2.05, 4.69) is 10.1 Å². The number of hydrogen-bond donors (Lipinski definition) is 1. The Morgan fingerprint density at radius 2 is 1.82 bits per heavy atom. The van der Waals surface area contributed by atoms with Gasteiger partial charge in [0.15, 0.2) is 0 Å². The van der Waals surface area contributed by atoms with Crippen LogP contribution in [0.4, 0.5) is 23.2 Å². The summed E-state index contributed by atoms with van der Waals surface area (Å²) in [5.74, 6) is -0.822. The van der Waals surface area contributed by atoms with Crippen molar-refractivity contribution in [1.29, 1.82) is 0 Å². The highest BCUT2D eigenvalue weighted by Crippen LogP contribution is 2.31. The summed E-state index contributed by atoms with van der Waals surface area (Å²) in [6.07, 6.45) is -4.36. The van der Waals surface area contributed by atoms with E-state index in [4.69, 9.17) is 4.74 Å². The van der Waals surface area contributed by atoms with Gasteiger partial charge in [-0.2, -0.15) is 0 Å². The highest BCUT2D eigenvalue weighted by molar-refractivity contribution is 5.86. The molecule has 2 aromatic carbocycles. The van der Waals surface area contributed by atoms with Gasteiger partial charge in [-0.25, -0.2) is 4.39 Å². The summed E-state index contributed by atoms with van der Waals surface area (Å²) in [7, 11) is 1.32. The number of nitrogens with zero attached hydrogens (tertiary/aromatic N) is 1. The number of amides is 1. The van der Waals surface area contributed by atoms with Gasteiger partial charge in [0.05, 0.1) is 7.11 Å². The Bertz CT molecular complexity index is 840. The summed E-state index contributed by atoms with van der Waals surface area (Å²) in [6.45, 7) is 0.807. The number of carbonyl (C=O) groups is 1. The zero-order chi connectivity index (χ0) is 20.3. The third-order valence-electron chi connectivity index (χ3n) is 4.27. The SMILES string of the molecule is COc1cc(NC2CCN(Cc3ccc(F)cc3)C2=O)cc(OC(F)(F)F)c1. The summed E-state index contributed by atoms with van der Waals surface area (Å²) < 4.78 is 59.4. The van der Waals surface area contributed by atoms with E-state index in [1.165, 1.54) is 25.3 Å². The van der Waals surface area contributed by atoms with E-state index in [0.29, 0.717) is 19.5 Å². The molecular weight excluding hydrogens is 380 g/mol. The van der Waals surface area contributed by atoms with Crippen molar-refractivity contribution in [3.8, 4) is 11.5 Å². The highest BCUT2D eigenvalue weighted by atomic mass is 19.4. The van der Waals surface area contributed by atoms with Crippen molar-refractivity contribution in [2.24, 2.45) is 0 Å². The maximum atomic E-state index is 13.0. The molecule has 0 bridgehead atoms. The lowest BCUT2D eigenvalue weighted by Gasteiger charge is -2.18.